The molecule has 0 atom stereocenters. The number of hydrogen-bond donors (Lipinski definition) is 0. The first-order valence-electron chi connectivity index (χ1n) is 10.3. The summed E-state index contributed by atoms with van der Waals surface area (Å²) in [6.45, 7) is 8.04. The van der Waals surface area contributed by atoms with E-state index in [0.717, 1.165) is 26.5 Å². The first-order chi connectivity index (χ1) is 16.0. The van der Waals surface area contributed by atoms with Crippen LogP contribution >= 0.6 is 34.4 Å². The number of thiazole rings is 1. The molecule has 33 heavy (non-hydrogen) atoms. The van der Waals surface area contributed by atoms with Crippen LogP contribution in [0.1, 0.15) is 17.0 Å². The van der Waals surface area contributed by atoms with Gasteiger partial charge < -0.3 is 0 Å². The molecule has 9 heteroatoms. The van der Waals surface area contributed by atoms with Crippen LogP contribution in [0, 0.1) is 13.8 Å². The van der Waals surface area contributed by atoms with Gasteiger partial charge in [0.05, 0.1) is 11.1 Å². The van der Waals surface area contributed by atoms with Crippen molar-refractivity contribution in [3.05, 3.63) is 92.1 Å². The highest BCUT2D eigenvalue weighted by Crippen LogP contribution is 2.36. The van der Waals surface area contributed by atoms with Crippen molar-refractivity contribution in [2.45, 2.75) is 31.3 Å². The molecule has 0 bridgehead atoms. The van der Waals surface area contributed by atoms with E-state index in [2.05, 4.69) is 11.6 Å². The third kappa shape index (κ3) is 3.86. The topological polar surface area (TPSA) is 69.3 Å². The zero-order chi connectivity index (χ0) is 23.1. The molecule has 0 radical (unpaired) electrons. The Morgan fingerprint density at radius 2 is 1.94 bits per heavy atom. The molecule has 4 aromatic heterocycles. The Morgan fingerprint density at radius 3 is 2.70 bits per heavy atom. The first kappa shape index (κ1) is 21.8. The smallest absolute Gasteiger partial charge is 0.263 e. The van der Waals surface area contributed by atoms with Crippen molar-refractivity contribution in [1.29, 1.82) is 0 Å². The molecule has 0 fully saturated rings. The van der Waals surface area contributed by atoms with Gasteiger partial charge in [0.25, 0.3) is 11.1 Å². The van der Waals surface area contributed by atoms with Crippen molar-refractivity contribution in [1.82, 2.24) is 18.9 Å². The SMILES string of the molecule is C=CCn1c(SCc2cc(=O)n3c(C)csc3n2)nc2sc(-c3ccccc3)c(C)c2c1=O. The molecule has 0 spiro atoms. The number of fused-ring (bicyclic) bond motifs is 2. The van der Waals surface area contributed by atoms with E-state index in [9.17, 15) is 9.59 Å². The lowest BCUT2D eigenvalue weighted by atomic mass is 10.1. The van der Waals surface area contributed by atoms with Crippen LogP contribution in [0.25, 0.3) is 25.6 Å². The minimum absolute atomic E-state index is 0.0734. The van der Waals surface area contributed by atoms with Crippen LogP contribution in [0.4, 0.5) is 0 Å². The second-order valence-corrected chi connectivity index (χ2v) is 10.3. The van der Waals surface area contributed by atoms with Gasteiger partial charge in [0.1, 0.15) is 4.83 Å². The first-order valence-corrected chi connectivity index (χ1v) is 13.0. The minimum atomic E-state index is -0.0948. The highest BCUT2D eigenvalue weighted by molar-refractivity contribution is 7.98. The number of nitrogens with zero attached hydrogens (tertiary/aromatic N) is 4. The fraction of sp³-hybridized carbons (Fsp3) is 0.167. The van der Waals surface area contributed by atoms with E-state index in [4.69, 9.17) is 4.98 Å². The molecule has 0 saturated heterocycles. The molecule has 0 unspecified atom stereocenters. The van der Waals surface area contributed by atoms with Gasteiger partial charge >= 0.3 is 0 Å². The third-order valence-electron chi connectivity index (χ3n) is 5.34. The van der Waals surface area contributed by atoms with Crippen LogP contribution in [0.2, 0.25) is 0 Å². The molecule has 0 N–H and O–H groups in total. The molecule has 166 valence electrons. The molecule has 0 aliphatic rings. The standard InChI is InChI=1S/C24H20N4O2S3/c1-4-10-27-22(30)19-15(3)20(16-8-6-5-7-9-16)33-21(19)26-23(27)32-13-17-11-18(29)28-14(2)12-31-24(28)25-17/h4-9,11-12H,1,10,13H2,2-3H3. The molecular weight excluding hydrogens is 472 g/mol. The zero-order valence-electron chi connectivity index (χ0n) is 18.1. The Bertz CT molecular complexity index is 1630. The Morgan fingerprint density at radius 1 is 1.15 bits per heavy atom. The highest BCUT2D eigenvalue weighted by Gasteiger charge is 2.19. The van der Waals surface area contributed by atoms with Crippen LogP contribution in [0.15, 0.2) is 69.2 Å². The summed E-state index contributed by atoms with van der Waals surface area (Å²) >= 11 is 4.38. The van der Waals surface area contributed by atoms with Gasteiger partial charge in [-0.3, -0.25) is 18.6 Å². The maximum Gasteiger partial charge on any atom is 0.263 e. The highest BCUT2D eigenvalue weighted by atomic mass is 32.2. The lowest BCUT2D eigenvalue weighted by molar-refractivity contribution is 0.672. The van der Waals surface area contributed by atoms with E-state index in [-0.39, 0.29) is 11.1 Å². The number of thiophene rings is 1. The fourth-order valence-corrected chi connectivity index (χ4v) is 6.80. The average molecular weight is 493 g/mol. The number of benzene rings is 1. The average Bonchev–Trinajstić information content (AvgIpc) is 3.35. The van der Waals surface area contributed by atoms with Gasteiger partial charge in [0.15, 0.2) is 10.1 Å². The van der Waals surface area contributed by atoms with Gasteiger partial charge in [0, 0.05) is 34.3 Å². The monoisotopic (exact) mass is 492 g/mol. The molecule has 0 amide bonds. The van der Waals surface area contributed by atoms with Crippen molar-refractivity contribution in [3.63, 3.8) is 0 Å². The summed E-state index contributed by atoms with van der Waals surface area (Å²) in [5, 5.41) is 3.16. The van der Waals surface area contributed by atoms with Crippen LogP contribution < -0.4 is 11.1 Å². The van der Waals surface area contributed by atoms with Crippen LogP contribution in [-0.4, -0.2) is 18.9 Å². The van der Waals surface area contributed by atoms with Crippen LogP contribution in [-0.2, 0) is 12.3 Å². The van der Waals surface area contributed by atoms with Crippen molar-refractivity contribution >= 4 is 49.6 Å². The van der Waals surface area contributed by atoms with Crippen LogP contribution in [0.3, 0.4) is 0 Å². The summed E-state index contributed by atoms with van der Waals surface area (Å²) in [7, 11) is 0. The molecule has 4 heterocycles. The summed E-state index contributed by atoms with van der Waals surface area (Å²) in [6, 6.07) is 11.6. The summed E-state index contributed by atoms with van der Waals surface area (Å²) in [4.78, 5) is 37.9. The second kappa shape index (κ2) is 8.74. The lowest BCUT2D eigenvalue weighted by Crippen LogP contribution is -2.22. The summed E-state index contributed by atoms with van der Waals surface area (Å²) in [6.07, 6.45) is 1.70. The van der Waals surface area contributed by atoms with Crippen molar-refractivity contribution in [2.24, 2.45) is 0 Å². The fourth-order valence-electron chi connectivity index (χ4n) is 3.78. The normalized spacial score (nSPS) is 11.5. The predicted octanol–water partition coefficient (Wildman–Crippen LogP) is 5.29. The number of aryl methyl sites for hydroxylation is 2. The largest absolute Gasteiger partial charge is 0.283 e. The third-order valence-corrected chi connectivity index (χ3v) is 8.53. The van der Waals surface area contributed by atoms with Crippen molar-refractivity contribution in [2.75, 3.05) is 0 Å². The Balaban J connectivity index is 1.57. The number of thioether (sulfide) groups is 1. The van der Waals surface area contributed by atoms with Gasteiger partial charge in [0.2, 0.25) is 0 Å². The van der Waals surface area contributed by atoms with Gasteiger partial charge in [-0.05, 0) is 25.0 Å². The van der Waals surface area contributed by atoms with Crippen molar-refractivity contribution in [3.8, 4) is 10.4 Å². The molecule has 0 aliphatic heterocycles. The number of aromatic nitrogens is 4. The number of rotatable bonds is 6. The van der Waals surface area contributed by atoms with Gasteiger partial charge in [-0.15, -0.1) is 29.3 Å². The summed E-state index contributed by atoms with van der Waals surface area (Å²) in [5.41, 5.74) is 3.39. The maximum absolute atomic E-state index is 13.4. The summed E-state index contributed by atoms with van der Waals surface area (Å²) in [5.74, 6) is 0.438. The second-order valence-electron chi connectivity index (χ2n) is 7.57. The minimum Gasteiger partial charge on any atom is -0.283 e. The van der Waals surface area contributed by atoms with Crippen molar-refractivity contribution < 1.29 is 0 Å². The molecule has 1 aromatic carbocycles. The Labute approximate surface area is 201 Å². The van der Waals surface area contributed by atoms with E-state index in [0.29, 0.717) is 33.5 Å². The molecule has 0 aliphatic carbocycles. The van der Waals surface area contributed by atoms with E-state index in [1.807, 2.05) is 49.6 Å². The number of allylic oxidation sites excluding steroid dienone is 1. The van der Waals surface area contributed by atoms with E-state index in [1.54, 1.807) is 21.1 Å². The Hall–Kier alpha value is -3.01. The van der Waals surface area contributed by atoms with E-state index >= 15 is 0 Å². The van der Waals surface area contributed by atoms with Gasteiger partial charge in [-0.1, -0.05) is 48.2 Å². The molecule has 0 saturated carbocycles. The molecular formula is C24H20N4O2S3. The maximum atomic E-state index is 13.4. The van der Waals surface area contributed by atoms with E-state index < -0.39 is 0 Å². The zero-order valence-corrected chi connectivity index (χ0v) is 20.5. The molecule has 5 aromatic rings. The predicted molar refractivity (Wildman–Crippen MR) is 138 cm³/mol. The van der Waals surface area contributed by atoms with Crippen LogP contribution in [0.5, 0.6) is 0 Å². The Kier molecular flexibility index (Phi) is 5.77. The molecule has 5 rings (SSSR count). The van der Waals surface area contributed by atoms with Gasteiger partial charge in [-0.2, -0.15) is 0 Å². The van der Waals surface area contributed by atoms with E-state index in [1.165, 1.54) is 34.4 Å². The quantitative estimate of drug-likeness (QED) is 0.183. The summed E-state index contributed by atoms with van der Waals surface area (Å²) < 4.78 is 3.26. The molecule has 6 nitrogen and oxygen atoms in total. The van der Waals surface area contributed by atoms with Gasteiger partial charge in [-0.25, -0.2) is 9.97 Å². The lowest BCUT2D eigenvalue weighted by Gasteiger charge is -2.10. The number of hydrogen-bond acceptors (Lipinski definition) is 7.